The fraction of sp³-hybridized carbons (Fsp3) is 0.263. The van der Waals surface area contributed by atoms with Crippen molar-refractivity contribution in [3.63, 3.8) is 0 Å². The lowest BCUT2D eigenvalue weighted by Crippen LogP contribution is -2.08. The smallest absolute Gasteiger partial charge is 0.0720 e. The molecule has 0 saturated heterocycles. The van der Waals surface area contributed by atoms with E-state index in [1.165, 1.54) is 16.7 Å². The van der Waals surface area contributed by atoms with E-state index in [1.807, 2.05) is 24.3 Å². The zero-order chi connectivity index (χ0) is 14.2. The molecule has 0 aliphatic rings. The van der Waals surface area contributed by atoms with Crippen LogP contribution in [0.3, 0.4) is 0 Å². The van der Waals surface area contributed by atoms with Crippen molar-refractivity contribution in [1.82, 2.24) is 0 Å². The first-order valence-electron chi connectivity index (χ1n) is 7.12. The Balaban J connectivity index is 1.82. The molecule has 2 aromatic carbocycles. The predicted octanol–water partition coefficient (Wildman–Crippen LogP) is 5.09. The second-order valence-corrected chi connectivity index (χ2v) is 5.21. The molecule has 0 heterocycles. The monoisotopic (exact) mass is 266 g/mol. The molecule has 0 aliphatic heterocycles. The van der Waals surface area contributed by atoms with Crippen LogP contribution in [0.2, 0.25) is 0 Å². The summed E-state index contributed by atoms with van der Waals surface area (Å²) in [5.74, 6) is 0. The minimum absolute atomic E-state index is 0.232. The molecule has 2 aromatic rings. The summed E-state index contributed by atoms with van der Waals surface area (Å²) in [7, 11) is 0. The van der Waals surface area contributed by atoms with Crippen molar-refractivity contribution in [2.75, 3.05) is 0 Å². The van der Waals surface area contributed by atoms with Crippen molar-refractivity contribution >= 4 is 6.08 Å². The molecule has 0 unspecified atom stereocenters. The topological polar surface area (TPSA) is 9.23 Å². The Morgan fingerprint density at radius 2 is 1.60 bits per heavy atom. The summed E-state index contributed by atoms with van der Waals surface area (Å²) in [6, 6.07) is 20.7. The van der Waals surface area contributed by atoms with Crippen LogP contribution in [0.15, 0.2) is 66.2 Å². The SMILES string of the molecule is C/C(=C\c1ccccc1)C[C@@H](C)OCc1ccccc1. The van der Waals surface area contributed by atoms with Gasteiger partial charge in [0, 0.05) is 0 Å². The molecular formula is C19H22O. The fourth-order valence-corrected chi connectivity index (χ4v) is 2.22. The van der Waals surface area contributed by atoms with E-state index in [0.717, 1.165) is 6.42 Å². The first-order valence-corrected chi connectivity index (χ1v) is 7.12. The third kappa shape index (κ3) is 5.02. The van der Waals surface area contributed by atoms with Gasteiger partial charge in [0.2, 0.25) is 0 Å². The minimum Gasteiger partial charge on any atom is -0.374 e. The van der Waals surface area contributed by atoms with Gasteiger partial charge in [-0.2, -0.15) is 0 Å². The number of benzene rings is 2. The molecule has 1 atom stereocenters. The lowest BCUT2D eigenvalue weighted by atomic mass is 10.1. The Hall–Kier alpha value is -1.86. The van der Waals surface area contributed by atoms with Gasteiger partial charge >= 0.3 is 0 Å². The molecule has 1 nitrogen and oxygen atoms in total. The average molecular weight is 266 g/mol. The van der Waals surface area contributed by atoms with E-state index in [2.05, 4.69) is 56.3 Å². The number of hydrogen-bond acceptors (Lipinski definition) is 1. The van der Waals surface area contributed by atoms with Gasteiger partial charge in [0.05, 0.1) is 12.7 Å². The third-order valence-electron chi connectivity index (χ3n) is 3.20. The van der Waals surface area contributed by atoms with Crippen LogP contribution < -0.4 is 0 Å². The van der Waals surface area contributed by atoms with E-state index >= 15 is 0 Å². The Kier molecular flexibility index (Phi) is 5.57. The Labute approximate surface area is 121 Å². The van der Waals surface area contributed by atoms with Gasteiger partial charge < -0.3 is 4.74 Å². The summed E-state index contributed by atoms with van der Waals surface area (Å²) in [6.07, 6.45) is 3.42. The summed E-state index contributed by atoms with van der Waals surface area (Å²) in [5.41, 5.74) is 3.82. The van der Waals surface area contributed by atoms with Crippen molar-refractivity contribution in [3.05, 3.63) is 77.4 Å². The molecule has 0 radical (unpaired) electrons. The first kappa shape index (κ1) is 14.5. The zero-order valence-corrected chi connectivity index (χ0v) is 12.3. The van der Waals surface area contributed by atoms with Gasteiger partial charge in [-0.3, -0.25) is 0 Å². The fourth-order valence-electron chi connectivity index (χ4n) is 2.22. The summed E-state index contributed by atoms with van der Waals surface area (Å²) in [6.45, 7) is 4.97. The molecule has 0 spiro atoms. The van der Waals surface area contributed by atoms with E-state index in [1.54, 1.807) is 0 Å². The molecule has 20 heavy (non-hydrogen) atoms. The zero-order valence-electron chi connectivity index (χ0n) is 12.3. The number of hydrogen-bond donors (Lipinski definition) is 0. The molecule has 2 rings (SSSR count). The predicted molar refractivity (Wildman–Crippen MR) is 85.4 cm³/mol. The molecule has 0 saturated carbocycles. The Morgan fingerprint density at radius 3 is 2.25 bits per heavy atom. The van der Waals surface area contributed by atoms with Crippen LogP contribution in [0.5, 0.6) is 0 Å². The molecule has 1 heteroatoms. The van der Waals surface area contributed by atoms with Gasteiger partial charge in [0.25, 0.3) is 0 Å². The molecule has 0 amide bonds. The maximum atomic E-state index is 5.90. The van der Waals surface area contributed by atoms with Crippen LogP contribution in [-0.2, 0) is 11.3 Å². The molecule has 104 valence electrons. The lowest BCUT2D eigenvalue weighted by molar-refractivity contribution is 0.0537. The second kappa shape index (κ2) is 7.66. The minimum atomic E-state index is 0.232. The van der Waals surface area contributed by atoms with E-state index in [9.17, 15) is 0 Å². The summed E-state index contributed by atoms with van der Waals surface area (Å²) in [4.78, 5) is 0. The molecule has 0 fully saturated rings. The summed E-state index contributed by atoms with van der Waals surface area (Å²) in [5, 5.41) is 0. The van der Waals surface area contributed by atoms with Crippen LogP contribution in [0.1, 0.15) is 31.4 Å². The van der Waals surface area contributed by atoms with Gasteiger partial charge in [0.1, 0.15) is 0 Å². The number of ether oxygens (including phenoxy) is 1. The van der Waals surface area contributed by atoms with Gasteiger partial charge in [-0.25, -0.2) is 0 Å². The highest BCUT2D eigenvalue weighted by Crippen LogP contribution is 2.14. The third-order valence-corrected chi connectivity index (χ3v) is 3.20. The van der Waals surface area contributed by atoms with Crippen LogP contribution in [0.4, 0.5) is 0 Å². The van der Waals surface area contributed by atoms with E-state index in [4.69, 9.17) is 4.74 Å². The van der Waals surface area contributed by atoms with Crippen LogP contribution in [0, 0.1) is 0 Å². The summed E-state index contributed by atoms with van der Waals surface area (Å²) < 4.78 is 5.90. The summed E-state index contributed by atoms with van der Waals surface area (Å²) >= 11 is 0. The van der Waals surface area contributed by atoms with Gasteiger partial charge in [-0.05, 0) is 31.4 Å². The molecule has 0 N–H and O–H groups in total. The van der Waals surface area contributed by atoms with E-state index in [-0.39, 0.29) is 6.10 Å². The van der Waals surface area contributed by atoms with Crippen molar-refractivity contribution in [2.24, 2.45) is 0 Å². The van der Waals surface area contributed by atoms with Gasteiger partial charge in [-0.15, -0.1) is 0 Å². The molecule has 0 aromatic heterocycles. The normalized spacial score (nSPS) is 13.2. The highest BCUT2D eigenvalue weighted by Gasteiger charge is 2.04. The van der Waals surface area contributed by atoms with Crippen molar-refractivity contribution in [1.29, 1.82) is 0 Å². The van der Waals surface area contributed by atoms with Crippen LogP contribution >= 0.6 is 0 Å². The highest BCUT2D eigenvalue weighted by atomic mass is 16.5. The average Bonchev–Trinajstić information content (AvgIpc) is 2.47. The maximum absolute atomic E-state index is 5.90. The first-order chi connectivity index (χ1) is 9.74. The van der Waals surface area contributed by atoms with Gasteiger partial charge in [-0.1, -0.05) is 72.3 Å². The standard InChI is InChI=1S/C19H22O/c1-16(14-18-9-5-3-6-10-18)13-17(2)20-15-19-11-7-4-8-12-19/h3-12,14,17H,13,15H2,1-2H3/b16-14+/t17-/m1/s1. The molecular weight excluding hydrogens is 244 g/mol. The van der Waals surface area contributed by atoms with Crippen molar-refractivity contribution in [3.8, 4) is 0 Å². The highest BCUT2D eigenvalue weighted by molar-refractivity contribution is 5.52. The Morgan fingerprint density at radius 1 is 1.00 bits per heavy atom. The quantitative estimate of drug-likeness (QED) is 0.708. The van der Waals surface area contributed by atoms with E-state index in [0.29, 0.717) is 6.61 Å². The van der Waals surface area contributed by atoms with Crippen molar-refractivity contribution < 1.29 is 4.74 Å². The van der Waals surface area contributed by atoms with Crippen LogP contribution in [-0.4, -0.2) is 6.10 Å². The van der Waals surface area contributed by atoms with Crippen LogP contribution in [0.25, 0.3) is 6.08 Å². The van der Waals surface area contributed by atoms with Crippen molar-refractivity contribution in [2.45, 2.75) is 33.0 Å². The maximum Gasteiger partial charge on any atom is 0.0720 e. The Bertz CT molecular complexity index is 528. The largest absolute Gasteiger partial charge is 0.374 e. The lowest BCUT2D eigenvalue weighted by Gasteiger charge is -2.13. The molecule has 0 aliphatic carbocycles. The number of rotatable bonds is 6. The molecule has 0 bridgehead atoms. The van der Waals surface area contributed by atoms with Gasteiger partial charge in [0.15, 0.2) is 0 Å². The van der Waals surface area contributed by atoms with E-state index < -0.39 is 0 Å². The second-order valence-electron chi connectivity index (χ2n) is 5.21.